The van der Waals surface area contributed by atoms with Crippen molar-refractivity contribution in [1.29, 1.82) is 0 Å². The van der Waals surface area contributed by atoms with Crippen LogP contribution >= 0.6 is 0 Å². The zero-order chi connectivity index (χ0) is 14.7. The van der Waals surface area contributed by atoms with Gasteiger partial charge in [0.1, 0.15) is 0 Å². The molecule has 0 unspecified atom stereocenters. The summed E-state index contributed by atoms with van der Waals surface area (Å²) < 4.78 is 13.8. The minimum atomic E-state index is -0.269. The summed E-state index contributed by atoms with van der Waals surface area (Å²) in [7, 11) is 1.65. The van der Waals surface area contributed by atoms with Crippen molar-refractivity contribution in [2.45, 2.75) is 57.1 Å². The van der Waals surface area contributed by atoms with Gasteiger partial charge in [0.05, 0.1) is 11.2 Å². The predicted octanol–water partition coefficient (Wildman–Crippen LogP) is 2.33. The maximum atomic E-state index is 11.4. The maximum Gasteiger partial charge on any atom is 0.461 e. The molecule has 0 bridgehead atoms. The zero-order valence-corrected chi connectivity index (χ0v) is 12.8. The summed E-state index contributed by atoms with van der Waals surface area (Å²) in [5, 5.41) is 0. The van der Waals surface area contributed by atoms with Gasteiger partial charge in [0.2, 0.25) is 5.56 Å². The molecular weight excluding hydrogens is 253 g/mol. The molecule has 1 aromatic rings. The van der Waals surface area contributed by atoms with Crippen molar-refractivity contribution in [2.75, 3.05) is 0 Å². The number of hydrogen-bond acceptors (Lipinski definition) is 3. The van der Waals surface area contributed by atoms with Crippen LogP contribution < -0.4 is 5.56 Å². The van der Waals surface area contributed by atoms with Gasteiger partial charge in [-0.2, -0.15) is 0 Å². The molecule has 108 valence electrons. The van der Waals surface area contributed by atoms with E-state index in [2.05, 4.69) is 27.7 Å². The van der Waals surface area contributed by atoms with Crippen LogP contribution in [0.1, 0.15) is 45.6 Å². The molecule has 1 aliphatic heterocycles. The fourth-order valence-electron chi connectivity index (χ4n) is 2.80. The van der Waals surface area contributed by atoms with E-state index in [1.165, 1.54) is 5.56 Å². The van der Waals surface area contributed by atoms with Crippen molar-refractivity contribution >= 4 is 7.12 Å². The highest BCUT2D eigenvalue weighted by Crippen LogP contribution is 2.58. The van der Waals surface area contributed by atoms with E-state index >= 15 is 0 Å². The first-order valence-corrected chi connectivity index (χ1v) is 7.23. The summed E-state index contributed by atoms with van der Waals surface area (Å²) in [4.78, 5) is 11.4. The average Bonchev–Trinajstić information content (AvgIpc) is 3.07. The van der Waals surface area contributed by atoms with Crippen LogP contribution in [0.4, 0.5) is 0 Å². The number of pyridine rings is 1. The van der Waals surface area contributed by atoms with Crippen LogP contribution in [-0.4, -0.2) is 22.9 Å². The second-order valence-corrected chi connectivity index (χ2v) is 7.04. The number of aromatic nitrogens is 1. The van der Waals surface area contributed by atoms with Crippen molar-refractivity contribution in [3.63, 3.8) is 0 Å². The molecule has 2 fully saturated rings. The van der Waals surface area contributed by atoms with E-state index in [0.29, 0.717) is 11.7 Å². The Bertz CT molecular complexity index is 577. The van der Waals surface area contributed by atoms with Crippen LogP contribution in [0, 0.1) is 0 Å². The number of hydrogen-bond donors (Lipinski definition) is 0. The fraction of sp³-hybridized carbons (Fsp3) is 0.667. The highest BCUT2D eigenvalue weighted by atomic mass is 16.7. The van der Waals surface area contributed by atoms with Gasteiger partial charge in [-0.05, 0) is 45.6 Å². The molecular formula is C15H22BNO3. The van der Waals surface area contributed by atoms with Gasteiger partial charge in [0, 0.05) is 25.1 Å². The summed E-state index contributed by atoms with van der Waals surface area (Å²) in [5.74, 6) is 0.838. The Hall–Kier alpha value is -1.07. The summed E-state index contributed by atoms with van der Waals surface area (Å²) in [6, 6.07) is 3.56. The van der Waals surface area contributed by atoms with Crippen molar-refractivity contribution < 1.29 is 9.31 Å². The maximum absolute atomic E-state index is 11.4. The van der Waals surface area contributed by atoms with Gasteiger partial charge in [0.15, 0.2) is 0 Å². The molecule has 3 rings (SSSR count). The van der Waals surface area contributed by atoms with Crippen LogP contribution in [0.5, 0.6) is 0 Å². The van der Waals surface area contributed by atoms with Crippen LogP contribution in [0.25, 0.3) is 0 Å². The molecule has 1 saturated carbocycles. The Morgan fingerprint density at radius 2 is 1.80 bits per heavy atom. The van der Waals surface area contributed by atoms with Gasteiger partial charge >= 0.3 is 7.12 Å². The number of nitrogens with zero attached hydrogens (tertiary/aromatic N) is 1. The molecule has 2 atom stereocenters. The van der Waals surface area contributed by atoms with E-state index < -0.39 is 0 Å². The van der Waals surface area contributed by atoms with E-state index in [4.69, 9.17) is 9.31 Å². The number of aryl methyl sites for hydroxylation is 1. The lowest BCUT2D eigenvalue weighted by molar-refractivity contribution is 0.00578. The first kappa shape index (κ1) is 13.9. The molecule has 0 aromatic carbocycles. The van der Waals surface area contributed by atoms with Gasteiger partial charge in [-0.1, -0.05) is 6.07 Å². The lowest BCUT2D eigenvalue weighted by Crippen LogP contribution is -2.41. The molecule has 20 heavy (non-hydrogen) atoms. The first-order valence-electron chi connectivity index (χ1n) is 7.23. The fourth-order valence-corrected chi connectivity index (χ4v) is 2.80. The molecule has 2 aliphatic rings. The van der Waals surface area contributed by atoms with Crippen molar-refractivity contribution in [3.05, 3.63) is 34.2 Å². The summed E-state index contributed by atoms with van der Waals surface area (Å²) in [5.41, 5.74) is 0.691. The lowest BCUT2D eigenvalue weighted by atomic mass is 9.80. The van der Waals surface area contributed by atoms with Crippen molar-refractivity contribution in [2.24, 2.45) is 7.05 Å². The zero-order valence-electron chi connectivity index (χ0n) is 12.8. The highest BCUT2D eigenvalue weighted by molar-refractivity contribution is 6.49. The Labute approximate surface area is 120 Å². The van der Waals surface area contributed by atoms with Gasteiger partial charge in [-0.15, -0.1) is 0 Å². The van der Waals surface area contributed by atoms with Gasteiger partial charge < -0.3 is 13.9 Å². The molecule has 1 saturated heterocycles. The summed E-state index contributed by atoms with van der Waals surface area (Å²) in [6.45, 7) is 8.32. The molecule has 0 amide bonds. The standard InChI is InChI=1S/C15H22BNO3/c1-14(2)15(3,4)20-16(19-14)12-8-11(12)10-6-7-13(18)17(5)9-10/h6-7,9,11-12H,8H2,1-5H3/t11-,12+/m1/s1. The average molecular weight is 275 g/mol. The third-order valence-corrected chi connectivity index (χ3v) is 5.00. The first-order chi connectivity index (χ1) is 9.21. The molecule has 5 heteroatoms. The monoisotopic (exact) mass is 275 g/mol. The Morgan fingerprint density at radius 1 is 1.20 bits per heavy atom. The van der Waals surface area contributed by atoms with Gasteiger partial charge in [-0.3, -0.25) is 4.79 Å². The molecule has 0 radical (unpaired) electrons. The topological polar surface area (TPSA) is 40.5 Å². The van der Waals surface area contributed by atoms with E-state index in [0.717, 1.165) is 6.42 Å². The van der Waals surface area contributed by atoms with Gasteiger partial charge in [0.25, 0.3) is 0 Å². The van der Waals surface area contributed by atoms with Crippen LogP contribution in [0.15, 0.2) is 23.1 Å². The van der Waals surface area contributed by atoms with E-state index in [-0.39, 0.29) is 23.9 Å². The van der Waals surface area contributed by atoms with Gasteiger partial charge in [-0.25, -0.2) is 0 Å². The van der Waals surface area contributed by atoms with Crippen LogP contribution in [-0.2, 0) is 16.4 Å². The smallest absolute Gasteiger partial charge is 0.403 e. The normalized spacial score (nSPS) is 30.6. The third kappa shape index (κ3) is 2.13. The Balaban J connectivity index is 1.74. The van der Waals surface area contributed by atoms with Crippen molar-refractivity contribution in [1.82, 2.24) is 4.57 Å². The minimum Gasteiger partial charge on any atom is -0.403 e. The minimum absolute atomic E-state index is 0.0292. The van der Waals surface area contributed by atoms with Crippen LogP contribution in [0.2, 0.25) is 5.82 Å². The molecule has 4 nitrogen and oxygen atoms in total. The molecule has 1 aliphatic carbocycles. The molecule has 1 aromatic heterocycles. The van der Waals surface area contributed by atoms with Crippen molar-refractivity contribution in [3.8, 4) is 0 Å². The molecule has 0 spiro atoms. The molecule has 0 N–H and O–H groups in total. The summed E-state index contributed by atoms with van der Waals surface area (Å²) >= 11 is 0. The van der Waals surface area contributed by atoms with E-state index in [1.807, 2.05) is 12.3 Å². The number of rotatable bonds is 2. The SMILES string of the molecule is Cn1cc([C@H]2C[C@@H]2B2OC(C)(C)C(C)(C)O2)ccc1=O. The second kappa shape index (κ2) is 4.21. The predicted molar refractivity (Wildman–Crippen MR) is 78.9 cm³/mol. The molecule has 2 heterocycles. The third-order valence-electron chi connectivity index (χ3n) is 5.00. The van der Waals surface area contributed by atoms with Crippen LogP contribution in [0.3, 0.4) is 0 Å². The summed E-state index contributed by atoms with van der Waals surface area (Å²) in [6.07, 6.45) is 2.99. The highest BCUT2D eigenvalue weighted by Gasteiger charge is 2.59. The van der Waals surface area contributed by atoms with E-state index in [1.54, 1.807) is 17.7 Å². The Morgan fingerprint density at radius 3 is 2.35 bits per heavy atom. The quantitative estimate of drug-likeness (QED) is 0.778. The largest absolute Gasteiger partial charge is 0.461 e. The second-order valence-electron chi connectivity index (χ2n) is 7.04. The van der Waals surface area contributed by atoms with E-state index in [9.17, 15) is 4.79 Å². The lowest BCUT2D eigenvalue weighted by Gasteiger charge is -2.32. The Kier molecular flexibility index (Phi) is 2.93.